The molecule has 2 aliphatic heterocycles. The van der Waals surface area contributed by atoms with Crippen LogP contribution in [0.5, 0.6) is 11.5 Å². The molecule has 1 aromatic carbocycles. The minimum atomic E-state index is -0.0713. The van der Waals surface area contributed by atoms with Crippen molar-refractivity contribution >= 4 is 11.6 Å². The Labute approximate surface area is 93.5 Å². The number of carbonyl (C=O) groups is 1. The molecule has 0 fully saturated rings. The smallest absolute Gasteiger partial charge is 0.221 e. The van der Waals surface area contributed by atoms with Crippen LogP contribution in [0.3, 0.4) is 0 Å². The maximum absolute atomic E-state index is 11.2. The highest BCUT2D eigenvalue weighted by Crippen LogP contribution is 2.44. The number of benzene rings is 1. The Morgan fingerprint density at radius 3 is 2.94 bits per heavy atom. The number of rotatable bonds is 1. The van der Waals surface area contributed by atoms with Gasteiger partial charge in [0.25, 0.3) is 0 Å². The van der Waals surface area contributed by atoms with Crippen molar-refractivity contribution in [1.29, 1.82) is 0 Å². The van der Waals surface area contributed by atoms with Crippen LogP contribution in [0.15, 0.2) is 6.07 Å². The van der Waals surface area contributed by atoms with Gasteiger partial charge in [-0.05, 0) is 6.07 Å². The van der Waals surface area contributed by atoms with Crippen LogP contribution in [0.4, 0.5) is 5.69 Å². The van der Waals surface area contributed by atoms with Crippen molar-refractivity contribution in [1.82, 2.24) is 0 Å². The van der Waals surface area contributed by atoms with Gasteiger partial charge < -0.3 is 14.8 Å². The molecule has 0 unspecified atom stereocenters. The summed E-state index contributed by atoms with van der Waals surface area (Å²) in [6.07, 6.45) is 1.72. The van der Waals surface area contributed by atoms with Crippen molar-refractivity contribution in [3.8, 4) is 11.5 Å². The second-order valence-electron chi connectivity index (χ2n) is 4.09. The summed E-state index contributed by atoms with van der Waals surface area (Å²) in [5.41, 5.74) is 3.01. The quantitative estimate of drug-likeness (QED) is 0.779. The lowest BCUT2D eigenvalue weighted by Gasteiger charge is -2.12. The average Bonchev–Trinajstić information content (AvgIpc) is 2.83. The first-order valence-electron chi connectivity index (χ1n) is 5.47. The predicted molar refractivity (Wildman–Crippen MR) is 59.1 cm³/mol. The van der Waals surface area contributed by atoms with Gasteiger partial charge in [-0.3, -0.25) is 4.79 Å². The number of fused-ring (bicyclic) bond motifs is 2. The number of nitrogens with one attached hydrogen (secondary N) is 1. The fraction of sp³-hybridized carbons (Fsp3) is 0.417. The number of anilines is 1. The number of hydrogen-bond donors (Lipinski definition) is 1. The normalized spacial score (nSPS) is 16.1. The van der Waals surface area contributed by atoms with Crippen LogP contribution >= 0.6 is 0 Å². The van der Waals surface area contributed by atoms with Crippen molar-refractivity contribution in [3.63, 3.8) is 0 Å². The Morgan fingerprint density at radius 1 is 1.31 bits per heavy atom. The molecule has 0 saturated heterocycles. The van der Waals surface area contributed by atoms with Crippen molar-refractivity contribution < 1.29 is 14.3 Å². The van der Waals surface area contributed by atoms with Crippen molar-refractivity contribution in [2.75, 3.05) is 18.5 Å². The van der Waals surface area contributed by atoms with Gasteiger partial charge in [0, 0.05) is 30.9 Å². The fourth-order valence-corrected chi connectivity index (χ4v) is 2.29. The van der Waals surface area contributed by atoms with Crippen LogP contribution in [-0.2, 0) is 17.6 Å². The monoisotopic (exact) mass is 219 g/mol. The third-order valence-corrected chi connectivity index (χ3v) is 2.95. The van der Waals surface area contributed by atoms with Crippen molar-refractivity contribution in [2.45, 2.75) is 19.8 Å². The molecule has 0 radical (unpaired) electrons. The number of hydrogen-bond acceptors (Lipinski definition) is 3. The lowest BCUT2D eigenvalue weighted by Crippen LogP contribution is -2.09. The van der Waals surface area contributed by atoms with Gasteiger partial charge in [-0.25, -0.2) is 0 Å². The molecule has 3 rings (SSSR count). The molecule has 4 nitrogen and oxygen atoms in total. The molecular weight excluding hydrogens is 206 g/mol. The van der Waals surface area contributed by atoms with Crippen LogP contribution in [0.25, 0.3) is 0 Å². The van der Waals surface area contributed by atoms with Gasteiger partial charge in [0.05, 0.1) is 18.9 Å². The Kier molecular flexibility index (Phi) is 2.02. The molecule has 16 heavy (non-hydrogen) atoms. The molecule has 0 spiro atoms. The van der Waals surface area contributed by atoms with Gasteiger partial charge >= 0.3 is 0 Å². The summed E-state index contributed by atoms with van der Waals surface area (Å²) in [7, 11) is 0. The summed E-state index contributed by atoms with van der Waals surface area (Å²) in [4.78, 5) is 11.2. The van der Waals surface area contributed by atoms with E-state index in [2.05, 4.69) is 5.32 Å². The summed E-state index contributed by atoms with van der Waals surface area (Å²) in [6.45, 7) is 2.88. The van der Waals surface area contributed by atoms with E-state index in [9.17, 15) is 4.79 Å². The highest BCUT2D eigenvalue weighted by molar-refractivity contribution is 5.93. The maximum Gasteiger partial charge on any atom is 0.221 e. The molecule has 2 heterocycles. The predicted octanol–water partition coefficient (Wildman–Crippen LogP) is 1.51. The molecule has 0 aromatic heterocycles. The van der Waals surface area contributed by atoms with E-state index >= 15 is 0 Å². The standard InChI is InChI=1S/C12H13NO3/c1-7(14)13-11-9-3-5-15-10(9)6-8-2-4-16-12(8)11/h6H,2-5H2,1H3,(H,13,14). The van der Waals surface area contributed by atoms with E-state index in [0.29, 0.717) is 13.2 Å². The van der Waals surface area contributed by atoms with Crippen molar-refractivity contribution in [2.24, 2.45) is 0 Å². The summed E-state index contributed by atoms with van der Waals surface area (Å²) >= 11 is 0. The van der Waals surface area contributed by atoms with E-state index in [0.717, 1.165) is 41.2 Å². The topological polar surface area (TPSA) is 47.6 Å². The molecule has 0 aliphatic carbocycles. The third kappa shape index (κ3) is 1.33. The molecule has 1 amide bonds. The van der Waals surface area contributed by atoms with Gasteiger partial charge in [-0.2, -0.15) is 0 Å². The Hall–Kier alpha value is -1.71. The maximum atomic E-state index is 11.2. The van der Waals surface area contributed by atoms with Crippen LogP contribution in [-0.4, -0.2) is 19.1 Å². The van der Waals surface area contributed by atoms with Crippen LogP contribution in [0, 0.1) is 0 Å². The van der Waals surface area contributed by atoms with Gasteiger partial charge in [0.15, 0.2) is 0 Å². The molecule has 1 aromatic rings. The first kappa shape index (κ1) is 9.51. The van der Waals surface area contributed by atoms with Crippen LogP contribution < -0.4 is 14.8 Å². The van der Waals surface area contributed by atoms with E-state index in [1.807, 2.05) is 6.07 Å². The summed E-state index contributed by atoms with van der Waals surface area (Å²) in [5.74, 6) is 1.66. The molecule has 84 valence electrons. The first-order valence-corrected chi connectivity index (χ1v) is 5.47. The minimum absolute atomic E-state index is 0.0713. The number of amides is 1. The Balaban J connectivity index is 2.15. The van der Waals surface area contributed by atoms with E-state index in [1.165, 1.54) is 6.92 Å². The second-order valence-corrected chi connectivity index (χ2v) is 4.09. The zero-order valence-electron chi connectivity index (χ0n) is 9.13. The summed E-state index contributed by atoms with van der Waals surface area (Å²) < 4.78 is 11.1. The SMILES string of the molecule is CC(=O)Nc1c2c(cc3c1OCC3)OCC2. The summed E-state index contributed by atoms with van der Waals surface area (Å²) in [5, 5.41) is 2.86. The molecular formula is C12H13NO3. The molecule has 1 N–H and O–H groups in total. The molecule has 0 atom stereocenters. The molecule has 0 bridgehead atoms. The van der Waals surface area contributed by atoms with Crippen LogP contribution in [0.2, 0.25) is 0 Å². The minimum Gasteiger partial charge on any atom is -0.493 e. The van der Waals surface area contributed by atoms with E-state index in [-0.39, 0.29) is 5.91 Å². The van der Waals surface area contributed by atoms with Gasteiger partial charge in [-0.15, -0.1) is 0 Å². The zero-order valence-corrected chi connectivity index (χ0v) is 9.13. The van der Waals surface area contributed by atoms with E-state index in [1.54, 1.807) is 0 Å². The zero-order chi connectivity index (χ0) is 11.1. The lowest BCUT2D eigenvalue weighted by atomic mass is 10.0. The lowest BCUT2D eigenvalue weighted by molar-refractivity contribution is -0.114. The van der Waals surface area contributed by atoms with Gasteiger partial charge in [0.2, 0.25) is 5.91 Å². The summed E-state index contributed by atoms with van der Waals surface area (Å²) in [6, 6.07) is 2.04. The Morgan fingerprint density at radius 2 is 2.12 bits per heavy atom. The van der Waals surface area contributed by atoms with E-state index < -0.39 is 0 Å². The van der Waals surface area contributed by atoms with Gasteiger partial charge in [0.1, 0.15) is 11.5 Å². The molecule has 2 aliphatic rings. The largest absolute Gasteiger partial charge is 0.493 e. The third-order valence-electron chi connectivity index (χ3n) is 2.95. The average molecular weight is 219 g/mol. The number of ether oxygens (including phenoxy) is 2. The number of carbonyl (C=O) groups excluding carboxylic acids is 1. The van der Waals surface area contributed by atoms with Gasteiger partial charge in [-0.1, -0.05) is 0 Å². The molecule has 4 heteroatoms. The molecule has 0 saturated carbocycles. The highest BCUT2D eigenvalue weighted by Gasteiger charge is 2.26. The van der Waals surface area contributed by atoms with E-state index in [4.69, 9.17) is 9.47 Å². The fourth-order valence-electron chi connectivity index (χ4n) is 2.29. The second kappa shape index (κ2) is 3.40. The van der Waals surface area contributed by atoms with Crippen molar-refractivity contribution in [3.05, 3.63) is 17.2 Å². The Bertz CT molecular complexity index is 436. The highest BCUT2D eigenvalue weighted by atomic mass is 16.5. The first-order chi connectivity index (χ1) is 7.75. The van der Waals surface area contributed by atoms with Crippen LogP contribution in [0.1, 0.15) is 18.1 Å².